The Hall–Kier alpha value is -0.670. The van der Waals surface area contributed by atoms with E-state index in [1.807, 2.05) is 12.1 Å². The zero-order chi connectivity index (χ0) is 14.3. The van der Waals surface area contributed by atoms with Crippen molar-refractivity contribution in [3.63, 3.8) is 0 Å². The van der Waals surface area contributed by atoms with Crippen LogP contribution < -0.4 is 0 Å². The average Bonchev–Trinajstić information content (AvgIpc) is 2.35. The highest BCUT2D eigenvalue weighted by molar-refractivity contribution is 6.29. The van der Waals surface area contributed by atoms with E-state index in [1.165, 1.54) is 12.8 Å². The van der Waals surface area contributed by atoms with Gasteiger partial charge in [0.15, 0.2) is 5.15 Å². The fraction of sp³-hybridized carbons (Fsp3) is 0.733. The van der Waals surface area contributed by atoms with E-state index in [1.54, 1.807) is 0 Å². The van der Waals surface area contributed by atoms with Crippen LogP contribution in [0.15, 0.2) is 12.1 Å². The van der Waals surface area contributed by atoms with Crippen molar-refractivity contribution in [2.24, 2.45) is 11.8 Å². The zero-order valence-electron chi connectivity index (χ0n) is 12.6. The van der Waals surface area contributed by atoms with Gasteiger partial charge in [0.1, 0.15) is 0 Å². The molecule has 1 aromatic rings. The molecule has 0 unspecified atom stereocenters. The van der Waals surface area contributed by atoms with Crippen molar-refractivity contribution < 1.29 is 0 Å². The van der Waals surface area contributed by atoms with Crippen molar-refractivity contribution in [2.45, 2.75) is 47.1 Å². The molecule has 1 heterocycles. The lowest BCUT2D eigenvalue weighted by Gasteiger charge is -2.23. The van der Waals surface area contributed by atoms with Crippen LogP contribution >= 0.6 is 11.6 Å². The molecule has 4 heteroatoms. The summed E-state index contributed by atoms with van der Waals surface area (Å²) in [7, 11) is 0. The molecule has 0 fully saturated rings. The Labute approximate surface area is 122 Å². The Bertz CT molecular complexity index is 337. The smallest absolute Gasteiger partial charge is 0.151 e. The van der Waals surface area contributed by atoms with Crippen LogP contribution in [-0.2, 0) is 6.54 Å². The fourth-order valence-electron chi connectivity index (χ4n) is 1.81. The molecule has 0 aliphatic rings. The van der Waals surface area contributed by atoms with E-state index < -0.39 is 0 Å². The van der Waals surface area contributed by atoms with Crippen molar-refractivity contribution in [2.75, 3.05) is 13.1 Å². The van der Waals surface area contributed by atoms with Gasteiger partial charge in [-0.2, -0.15) is 5.10 Å². The molecule has 0 atom stereocenters. The summed E-state index contributed by atoms with van der Waals surface area (Å²) >= 11 is 5.77. The Morgan fingerprint density at radius 2 is 1.58 bits per heavy atom. The second-order valence-corrected chi connectivity index (χ2v) is 6.38. The maximum atomic E-state index is 5.77. The lowest BCUT2D eigenvalue weighted by Crippen LogP contribution is -2.28. The van der Waals surface area contributed by atoms with Gasteiger partial charge in [-0.15, -0.1) is 5.10 Å². The van der Waals surface area contributed by atoms with Crippen molar-refractivity contribution >= 4 is 11.6 Å². The summed E-state index contributed by atoms with van der Waals surface area (Å²) in [6, 6.07) is 3.78. The predicted octanol–water partition coefficient (Wildman–Crippen LogP) is 4.02. The van der Waals surface area contributed by atoms with Gasteiger partial charge in [-0.05, 0) is 49.9 Å². The zero-order valence-corrected chi connectivity index (χ0v) is 13.3. The summed E-state index contributed by atoms with van der Waals surface area (Å²) in [4.78, 5) is 2.47. The minimum Gasteiger partial charge on any atom is -0.297 e. The number of nitrogens with zero attached hydrogens (tertiary/aromatic N) is 3. The number of halogens is 1. The standard InChI is InChI=1S/C15H26ClN3/c1-12(2)7-9-19(10-8-13(3)4)11-14-5-6-15(16)18-17-14/h5-6,12-13H,7-11H2,1-4H3. The lowest BCUT2D eigenvalue weighted by molar-refractivity contribution is 0.232. The van der Waals surface area contributed by atoms with E-state index in [-0.39, 0.29) is 0 Å². The van der Waals surface area contributed by atoms with Crippen LogP contribution in [0.2, 0.25) is 5.15 Å². The van der Waals surface area contributed by atoms with Crippen LogP contribution in [0, 0.1) is 11.8 Å². The van der Waals surface area contributed by atoms with E-state index in [2.05, 4.69) is 42.8 Å². The number of hydrogen-bond donors (Lipinski definition) is 0. The molecule has 3 nitrogen and oxygen atoms in total. The third-order valence-corrected chi connectivity index (χ3v) is 3.32. The molecule has 0 aromatic carbocycles. The molecule has 0 amide bonds. The first-order valence-corrected chi connectivity index (χ1v) is 7.55. The maximum Gasteiger partial charge on any atom is 0.151 e. The Morgan fingerprint density at radius 3 is 2.00 bits per heavy atom. The largest absolute Gasteiger partial charge is 0.297 e. The fourth-order valence-corrected chi connectivity index (χ4v) is 1.91. The van der Waals surface area contributed by atoms with Crippen LogP contribution in [0.25, 0.3) is 0 Å². The Balaban J connectivity index is 2.53. The molecule has 0 bridgehead atoms. The van der Waals surface area contributed by atoms with E-state index in [9.17, 15) is 0 Å². The first-order chi connectivity index (χ1) is 8.97. The molecule has 0 aliphatic heterocycles. The topological polar surface area (TPSA) is 29.0 Å². The average molecular weight is 284 g/mol. The summed E-state index contributed by atoms with van der Waals surface area (Å²) in [5.41, 5.74) is 0.997. The summed E-state index contributed by atoms with van der Waals surface area (Å²) < 4.78 is 0. The molecule has 0 saturated carbocycles. The van der Waals surface area contributed by atoms with Crippen LogP contribution in [0.4, 0.5) is 0 Å². The van der Waals surface area contributed by atoms with E-state index in [0.29, 0.717) is 5.15 Å². The lowest BCUT2D eigenvalue weighted by atomic mass is 10.1. The Kier molecular flexibility index (Phi) is 7.32. The third kappa shape index (κ3) is 7.48. The van der Waals surface area contributed by atoms with Gasteiger partial charge < -0.3 is 0 Å². The quantitative estimate of drug-likeness (QED) is 0.721. The second-order valence-electron chi connectivity index (χ2n) is 5.99. The molecular formula is C15H26ClN3. The highest BCUT2D eigenvalue weighted by Gasteiger charge is 2.09. The summed E-state index contributed by atoms with van der Waals surface area (Å²) in [5, 5.41) is 8.52. The molecular weight excluding hydrogens is 258 g/mol. The van der Waals surface area contributed by atoms with Gasteiger partial charge >= 0.3 is 0 Å². The van der Waals surface area contributed by atoms with Crippen LogP contribution in [0.5, 0.6) is 0 Å². The summed E-state index contributed by atoms with van der Waals surface area (Å²) in [6.07, 6.45) is 2.44. The van der Waals surface area contributed by atoms with E-state index in [0.717, 1.165) is 37.2 Å². The normalized spacial score (nSPS) is 11.8. The molecule has 0 N–H and O–H groups in total. The van der Waals surface area contributed by atoms with Gasteiger partial charge in [-0.3, -0.25) is 4.90 Å². The predicted molar refractivity (Wildman–Crippen MR) is 81.2 cm³/mol. The van der Waals surface area contributed by atoms with E-state index in [4.69, 9.17) is 11.6 Å². The molecule has 108 valence electrons. The van der Waals surface area contributed by atoms with Crippen molar-refractivity contribution in [1.82, 2.24) is 15.1 Å². The first-order valence-electron chi connectivity index (χ1n) is 7.18. The van der Waals surface area contributed by atoms with Crippen molar-refractivity contribution in [1.29, 1.82) is 0 Å². The summed E-state index contributed by atoms with van der Waals surface area (Å²) in [6.45, 7) is 12.2. The molecule has 0 spiro atoms. The summed E-state index contributed by atoms with van der Waals surface area (Å²) in [5.74, 6) is 1.47. The SMILES string of the molecule is CC(C)CCN(CCC(C)C)Cc1ccc(Cl)nn1. The molecule has 1 aromatic heterocycles. The number of aromatic nitrogens is 2. The van der Waals surface area contributed by atoms with Crippen LogP contribution in [0.1, 0.15) is 46.2 Å². The second kappa shape index (κ2) is 8.49. The molecule has 0 radical (unpaired) electrons. The van der Waals surface area contributed by atoms with Gasteiger partial charge in [0.05, 0.1) is 5.69 Å². The molecule has 1 rings (SSSR count). The van der Waals surface area contributed by atoms with Gasteiger partial charge in [0.2, 0.25) is 0 Å². The van der Waals surface area contributed by atoms with Gasteiger partial charge in [-0.1, -0.05) is 39.3 Å². The molecule has 19 heavy (non-hydrogen) atoms. The minimum atomic E-state index is 0.458. The highest BCUT2D eigenvalue weighted by atomic mass is 35.5. The first kappa shape index (κ1) is 16.4. The van der Waals surface area contributed by atoms with Gasteiger partial charge in [0, 0.05) is 6.54 Å². The number of hydrogen-bond acceptors (Lipinski definition) is 3. The molecule has 0 saturated heterocycles. The van der Waals surface area contributed by atoms with Crippen LogP contribution in [-0.4, -0.2) is 28.2 Å². The van der Waals surface area contributed by atoms with Crippen molar-refractivity contribution in [3.05, 3.63) is 23.0 Å². The molecule has 0 aliphatic carbocycles. The Morgan fingerprint density at radius 1 is 1.00 bits per heavy atom. The third-order valence-electron chi connectivity index (χ3n) is 3.12. The van der Waals surface area contributed by atoms with E-state index >= 15 is 0 Å². The minimum absolute atomic E-state index is 0.458. The van der Waals surface area contributed by atoms with Gasteiger partial charge in [-0.25, -0.2) is 0 Å². The van der Waals surface area contributed by atoms with Crippen molar-refractivity contribution in [3.8, 4) is 0 Å². The van der Waals surface area contributed by atoms with Crippen LogP contribution in [0.3, 0.4) is 0 Å². The highest BCUT2D eigenvalue weighted by Crippen LogP contribution is 2.10. The maximum absolute atomic E-state index is 5.77. The monoisotopic (exact) mass is 283 g/mol. The number of rotatable bonds is 8. The van der Waals surface area contributed by atoms with Gasteiger partial charge in [0.25, 0.3) is 0 Å².